The van der Waals surface area contributed by atoms with Gasteiger partial charge in [-0.2, -0.15) is 0 Å². The van der Waals surface area contributed by atoms with Crippen LogP contribution in [0, 0.1) is 0 Å². The van der Waals surface area contributed by atoms with Crippen LogP contribution in [0.25, 0.3) is 0 Å². The lowest BCUT2D eigenvalue weighted by molar-refractivity contribution is 1.24. The SMILES string of the molecule is C=C(CN)SC. The molecule has 0 spiro atoms. The fourth-order valence-electron chi connectivity index (χ4n) is 0.0833. The van der Waals surface area contributed by atoms with Crippen LogP contribution in [-0.4, -0.2) is 12.8 Å². The topological polar surface area (TPSA) is 26.0 Å². The molecule has 0 amide bonds. The Morgan fingerprint density at radius 3 is 2.50 bits per heavy atom. The third-order valence-corrected chi connectivity index (χ3v) is 1.26. The number of hydrogen-bond donors (Lipinski definition) is 1. The predicted molar refractivity (Wildman–Crippen MR) is 31.7 cm³/mol. The van der Waals surface area contributed by atoms with E-state index in [2.05, 4.69) is 6.58 Å². The van der Waals surface area contributed by atoms with E-state index in [0.717, 1.165) is 4.91 Å². The Balaban J connectivity index is 2.99. The molecule has 1 nitrogen and oxygen atoms in total. The molecular formula is C4H9NS. The van der Waals surface area contributed by atoms with Gasteiger partial charge in [0.05, 0.1) is 0 Å². The fraction of sp³-hybridized carbons (Fsp3) is 0.500. The van der Waals surface area contributed by atoms with Crippen molar-refractivity contribution in [3.05, 3.63) is 11.5 Å². The number of rotatable bonds is 2. The second-order valence-electron chi connectivity index (χ2n) is 0.947. The highest BCUT2D eigenvalue weighted by atomic mass is 32.2. The molecule has 0 unspecified atom stereocenters. The molecule has 0 heterocycles. The van der Waals surface area contributed by atoms with Crippen molar-refractivity contribution in [2.75, 3.05) is 12.8 Å². The van der Waals surface area contributed by atoms with Crippen molar-refractivity contribution in [2.45, 2.75) is 0 Å². The Bertz CT molecular complexity index is 45.5. The summed E-state index contributed by atoms with van der Waals surface area (Å²) >= 11 is 1.61. The van der Waals surface area contributed by atoms with Crippen molar-refractivity contribution < 1.29 is 0 Å². The predicted octanol–water partition coefficient (Wildman–Crippen LogP) is 0.822. The highest BCUT2D eigenvalue weighted by Gasteiger charge is 1.78. The van der Waals surface area contributed by atoms with Gasteiger partial charge in [-0.25, -0.2) is 0 Å². The van der Waals surface area contributed by atoms with Gasteiger partial charge < -0.3 is 5.73 Å². The molecule has 0 aromatic heterocycles. The summed E-state index contributed by atoms with van der Waals surface area (Å²) in [5.74, 6) is 0. The normalized spacial score (nSPS) is 8.33. The number of nitrogens with two attached hydrogens (primary N) is 1. The van der Waals surface area contributed by atoms with Crippen LogP contribution < -0.4 is 5.73 Å². The van der Waals surface area contributed by atoms with Gasteiger partial charge in [0.2, 0.25) is 0 Å². The van der Waals surface area contributed by atoms with E-state index < -0.39 is 0 Å². The fourth-order valence-corrected chi connectivity index (χ4v) is 0.250. The van der Waals surface area contributed by atoms with Crippen LogP contribution in [0.2, 0.25) is 0 Å². The molecule has 0 aliphatic carbocycles. The molecule has 0 atom stereocenters. The van der Waals surface area contributed by atoms with E-state index >= 15 is 0 Å². The van der Waals surface area contributed by atoms with Gasteiger partial charge >= 0.3 is 0 Å². The smallest absolute Gasteiger partial charge is 0.0232 e. The van der Waals surface area contributed by atoms with Crippen molar-refractivity contribution in [1.29, 1.82) is 0 Å². The molecule has 6 heavy (non-hydrogen) atoms. The van der Waals surface area contributed by atoms with E-state index in [4.69, 9.17) is 5.73 Å². The minimum absolute atomic E-state index is 0.598. The molecule has 36 valence electrons. The van der Waals surface area contributed by atoms with Gasteiger partial charge in [-0.05, 0) is 11.2 Å². The minimum atomic E-state index is 0.598. The number of thioether (sulfide) groups is 1. The molecule has 0 fully saturated rings. The van der Waals surface area contributed by atoms with Crippen LogP contribution in [0.15, 0.2) is 11.5 Å². The van der Waals surface area contributed by atoms with Crippen LogP contribution in [0.5, 0.6) is 0 Å². The monoisotopic (exact) mass is 103 g/mol. The first-order valence-corrected chi connectivity index (χ1v) is 2.95. The van der Waals surface area contributed by atoms with E-state index in [0.29, 0.717) is 6.54 Å². The van der Waals surface area contributed by atoms with Gasteiger partial charge in [0.15, 0.2) is 0 Å². The Hall–Kier alpha value is 0.0500. The molecular weight excluding hydrogens is 94.1 g/mol. The van der Waals surface area contributed by atoms with E-state index in [-0.39, 0.29) is 0 Å². The lowest BCUT2D eigenvalue weighted by Crippen LogP contribution is -1.97. The summed E-state index contributed by atoms with van der Waals surface area (Å²) < 4.78 is 0. The Kier molecular flexibility index (Phi) is 3.28. The summed E-state index contributed by atoms with van der Waals surface area (Å²) in [5.41, 5.74) is 5.16. The van der Waals surface area contributed by atoms with Crippen LogP contribution in [0.1, 0.15) is 0 Å². The molecule has 0 saturated carbocycles. The van der Waals surface area contributed by atoms with Gasteiger partial charge in [0.25, 0.3) is 0 Å². The van der Waals surface area contributed by atoms with Gasteiger partial charge in [-0.1, -0.05) is 6.58 Å². The lowest BCUT2D eigenvalue weighted by Gasteiger charge is -1.89. The molecule has 0 aliphatic rings. The Morgan fingerprint density at radius 1 is 2.00 bits per heavy atom. The van der Waals surface area contributed by atoms with Crippen molar-refractivity contribution in [3.63, 3.8) is 0 Å². The summed E-state index contributed by atoms with van der Waals surface area (Å²) in [5, 5.41) is 0. The number of hydrogen-bond acceptors (Lipinski definition) is 2. The summed E-state index contributed by atoms with van der Waals surface area (Å²) in [6.45, 7) is 4.23. The highest BCUT2D eigenvalue weighted by Crippen LogP contribution is 2.03. The average Bonchev–Trinajstić information content (AvgIpc) is 1.65. The van der Waals surface area contributed by atoms with Crippen molar-refractivity contribution in [2.24, 2.45) is 5.73 Å². The highest BCUT2D eigenvalue weighted by molar-refractivity contribution is 8.02. The Morgan fingerprint density at radius 2 is 2.50 bits per heavy atom. The van der Waals surface area contributed by atoms with Crippen LogP contribution >= 0.6 is 11.8 Å². The Labute approximate surface area is 42.6 Å². The first-order valence-electron chi connectivity index (χ1n) is 1.73. The third-order valence-electron chi connectivity index (χ3n) is 0.516. The summed E-state index contributed by atoms with van der Waals surface area (Å²) in [6.07, 6.45) is 1.97. The molecule has 0 radical (unpaired) electrons. The second-order valence-corrected chi connectivity index (χ2v) is 1.93. The minimum Gasteiger partial charge on any atom is -0.326 e. The maximum atomic E-state index is 5.16. The molecule has 0 saturated heterocycles. The van der Waals surface area contributed by atoms with Crippen molar-refractivity contribution in [3.8, 4) is 0 Å². The van der Waals surface area contributed by atoms with Crippen LogP contribution in [-0.2, 0) is 0 Å². The lowest BCUT2D eigenvalue weighted by atomic mass is 10.7. The third kappa shape index (κ3) is 2.30. The largest absolute Gasteiger partial charge is 0.326 e. The maximum absolute atomic E-state index is 5.16. The van der Waals surface area contributed by atoms with Crippen LogP contribution in [0.3, 0.4) is 0 Å². The standard InChI is InChI=1S/C4H9NS/c1-4(3-5)6-2/h1,3,5H2,2H3. The molecule has 0 aromatic carbocycles. The van der Waals surface area contributed by atoms with Crippen LogP contribution in [0.4, 0.5) is 0 Å². The molecule has 0 aromatic rings. The van der Waals surface area contributed by atoms with Gasteiger partial charge in [0, 0.05) is 6.54 Å². The molecule has 0 bridgehead atoms. The molecule has 0 rings (SSSR count). The van der Waals surface area contributed by atoms with Crippen molar-refractivity contribution >= 4 is 11.8 Å². The first-order chi connectivity index (χ1) is 2.81. The van der Waals surface area contributed by atoms with E-state index in [1.165, 1.54) is 0 Å². The molecule has 0 aliphatic heterocycles. The molecule has 2 heteroatoms. The van der Waals surface area contributed by atoms with E-state index in [9.17, 15) is 0 Å². The van der Waals surface area contributed by atoms with Gasteiger partial charge in [-0.3, -0.25) is 0 Å². The average molecular weight is 103 g/mol. The van der Waals surface area contributed by atoms with Crippen molar-refractivity contribution in [1.82, 2.24) is 0 Å². The zero-order valence-corrected chi connectivity index (χ0v) is 4.72. The summed E-state index contributed by atoms with van der Waals surface area (Å²) in [6, 6.07) is 0. The van der Waals surface area contributed by atoms with Gasteiger partial charge in [-0.15, -0.1) is 11.8 Å². The maximum Gasteiger partial charge on any atom is 0.0232 e. The summed E-state index contributed by atoms with van der Waals surface area (Å²) in [7, 11) is 0. The zero-order valence-electron chi connectivity index (χ0n) is 3.90. The molecule has 2 N–H and O–H groups in total. The second kappa shape index (κ2) is 3.25. The van der Waals surface area contributed by atoms with E-state index in [1.54, 1.807) is 11.8 Å². The quantitative estimate of drug-likeness (QED) is 0.560. The zero-order chi connectivity index (χ0) is 4.99. The first kappa shape index (κ1) is 6.05. The summed E-state index contributed by atoms with van der Waals surface area (Å²) in [4.78, 5) is 1.04. The van der Waals surface area contributed by atoms with E-state index in [1.807, 2.05) is 6.26 Å². The van der Waals surface area contributed by atoms with Gasteiger partial charge in [0.1, 0.15) is 0 Å².